The van der Waals surface area contributed by atoms with Crippen LogP contribution in [-0.4, -0.2) is 44.9 Å². The molecule has 1 aliphatic heterocycles. The van der Waals surface area contributed by atoms with Gasteiger partial charge in [0, 0.05) is 0 Å². The van der Waals surface area contributed by atoms with Crippen LogP contribution in [0.15, 0.2) is 0 Å². The predicted octanol–water partition coefficient (Wildman–Crippen LogP) is -2.37. The zero-order chi connectivity index (χ0) is 6.20. The van der Waals surface area contributed by atoms with Crippen molar-refractivity contribution in [3.8, 4) is 0 Å². The molecule has 0 aliphatic carbocycles. The molecule has 0 saturated carbocycles. The number of likely N-dealkylation sites (N-methyl/N-ethyl adjacent to an activating group) is 1. The number of halogens is 1. The minimum Gasteiger partial charge on any atom is -1.00 e. The summed E-state index contributed by atoms with van der Waals surface area (Å²) in [5.74, 6) is 0. The molecule has 0 aromatic carbocycles. The zero-order valence-corrected chi connectivity index (χ0v) is 10.1. The minimum absolute atomic E-state index is 0. The fraction of sp³-hybridized carbons (Fsp3) is 1.00. The Hall–Kier alpha value is 1.21. The van der Waals surface area contributed by atoms with Gasteiger partial charge in [-0.1, -0.05) is 0 Å². The summed E-state index contributed by atoms with van der Waals surface area (Å²) in [6.45, 7) is 2.13. The Morgan fingerprint density at radius 3 is 2.00 bits per heavy atom. The van der Waals surface area contributed by atoms with Crippen LogP contribution < -0.4 is 29.6 Å². The summed E-state index contributed by atoms with van der Waals surface area (Å²) in [5, 5.41) is 0. The molecule has 0 spiro atoms. The fourth-order valence-corrected chi connectivity index (χ4v) is 0.784. The number of hydrogen-bond acceptors (Lipinski definition) is 1. The van der Waals surface area contributed by atoms with E-state index >= 15 is 0 Å². The molecule has 0 bridgehead atoms. The molecule has 1 fully saturated rings. The number of ether oxygens (including phenoxy) is 1. The van der Waals surface area contributed by atoms with E-state index in [2.05, 4.69) is 21.1 Å². The number of nitrogens with zero attached hydrogens (tertiary/aromatic N) is 1. The Kier molecular flexibility index (Phi) is 6.84. The molecule has 1 heterocycles. The first kappa shape index (κ1) is 13.8. The van der Waals surface area contributed by atoms with E-state index in [0.29, 0.717) is 6.10 Å². The topological polar surface area (TPSA) is 12.5 Å². The van der Waals surface area contributed by atoms with Gasteiger partial charge in [-0.25, -0.2) is 0 Å². The molecule has 0 amide bonds. The molecule has 2 nitrogen and oxygen atoms in total. The maximum absolute atomic E-state index is 5.07. The molecular formula is C6H16ClNNaO+. The Morgan fingerprint density at radius 2 is 1.90 bits per heavy atom. The normalized spacial score (nSPS) is 22.5. The summed E-state index contributed by atoms with van der Waals surface area (Å²) in [5.41, 5.74) is 0. The van der Waals surface area contributed by atoms with E-state index in [1.54, 1.807) is 0 Å². The molecular weight excluding hydrogens is 161 g/mol. The van der Waals surface area contributed by atoms with Crippen molar-refractivity contribution >= 4 is 12.4 Å². The van der Waals surface area contributed by atoms with Crippen LogP contribution in [0.1, 0.15) is 1.43 Å². The summed E-state index contributed by atoms with van der Waals surface area (Å²) < 4.78 is 6.09. The quantitative estimate of drug-likeness (QED) is 0.260. The van der Waals surface area contributed by atoms with Gasteiger partial charge in [0.1, 0.15) is 12.6 Å². The van der Waals surface area contributed by atoms with Crippen LogP contribution in [0, 0.1) is 0 Å². The third kappa shape index (κ3) is 7.32. The second-order valence-corrected chi connectivity index (χ2v) is 3.43. The Bertz CT molecular complexity index is 95.1. The second kappa shape index (κ2) is 4.96. The van der Waals surface area contributed by atoms with Gasteiger partial charge in [-0.15, -0.1) is 12.4 Å². The standard InChI is InChI=1S/C6H14NO.ClH.Na.H/c1-7(2,3)4-6-5-8-6;;;/h6H,4-5H2,1-3H3;1H;;/q+1;;+1;-1. The average Bonchev–Trinajstić information content (AvgIpc) is 2.12. The molecule has 1 saturated heterocycles. The summed E-state index contributed by atoms with van der Waals surface area (Å²) in [6, 6.07) is 0. The van der Waals surface area contributed by atoms with Crippen molar-refractivity contribution in [2.45, 2.75) is 6.10 Å². The Morgan fingerprint density at radius 1 is 1.50 bits per heavy atom. The average molecular weight is 177 g/mol. The maximum atomic E-state index is 5.07. The summed E-state index contributed by atoms with van der Waals surface area (Å²) in [7, 11) is 6.55. The van der Waals surface area contributed by atoms with Crippen molar-refractivity contribution in [3.05, 3.63) is 0 Å². The van der Waals surface area contributed by atoms with Crippen molar-refractivity contribution < 1.29 is 40.2 Å². The van der Waals surface area contributed by atoms with E-state index in [-0.39, 0.29) is 43.4 Å². The smallest absolute Gasteiger partial charge is 1.00 e. The van der Waals surface area contributed by atoms with Crippen LogP contribution in [0.3, 0.4) is 0 Å². The number of hydrogen-bond donors (Lipinski definition) is 0. The summed E-state index contributed by atoms with van der Waals surface area (Å²) >= 11 is 0. The molecule has 1 aliphatic rings. The first-order valence-corrected chi connectivity index (χ1v) is 3.00. The Balaban J connectivity index is -0.000000213. The second-order valence-electron chi connectivity index (χ2n) is 3.43. The first-order valence-electron chi connectivity index (χ1n) is 3.00. The van der Waals surface area contributed by atoms with Crippen LogP contribution >= 0.6 is 12.4 Å². The summed E-state index contributed by atoms with van der Waals surface area (Å²) in [4.78, 5) is 0. The molecule has 1 atom stereocenters. The predicted molar refractivity (Wildman–Crippen MR) is 41.0 cm³/mol. The minimum atomic E-state index is 0. The Labute approximate surface area is 92.7 Å². The monoisotopic (exact) mass is 176 g/mol. The van der Waals surface area contributed by atoms with Crippen LogP contribution in [0.2, 0.25) is 0 Å². The molecule has 58 valence electrons. The molecule has 0 N–H and O–H groups in total. The van der Waals surface area contributed by atoms with E-state index in [9.17, 15) is 0 Å². The molecule has 1 rings (SSSR count). The van der Waals surface area contributed by atoms with Crippen molar-refractivity contribution in [2.75, 3.05) is 34.3 Å². The third-order valence-corrected chi connectivity index (χ3v) is 1.15. The maximum Gasteiger partial charge on any atom is 1.00 e. The van der Waals surface area contributed by atoms with Crippen LogP contribution in [0.5, 0.6) is 0 Å². The van der Waals surface area contributed by atoms with Crippen LogP contribution in [0.4, 0.5) is 0 Å². The van der Waals surface area contributed by atoms with Crippen molar-refractivity contribution in [3.63, 3.8) is 0 Å². The van der Waals surface area contributed by atoms with E-state index in [1.807, 2.05) is 0 Å². The van der Waals surface area contributed by atoms with Gasteiger partial charge < -0.3 is 10.6 Å². The molecule has 0 radical (unpaired) electrons. The molecule has 0 aromatic heterocycles. The molecule has 1 unspecified atom stereocenters. The van der Waals surface area contributed by atoms with E-state index in [4.69, 9.17) is 4.74 Å². The van der Waals surface area contributed by atoms with Crippen molar-refractivity contribution in [2.24, 2.45) is 0 Å². The fourth-order valence-electron chi connectivity index (χ4n) is 0.784. The van der Waals surface area contributed by atoms with Gasteiger partial charge in [0.25, 0.3) is 0 Å². The zero-order valence-electron chi connectivity index (χ0n) is 8.26. The number of quaternary nitrogens is 1. The first-order chi connectivity index (χ1) is 3.58. The van der Waals surface area contributed by atoms with Gasteiger partial charge >= 0.3 is 29.6 Å². The van der Waals surface area contributed by atoms with Gasteiger partial charge in [0.15, 0.2) is 0 Å². The SMILES string of the molecule is C[N+](C)(C)CC1CO1.Cl.[H-].[Na+]. The third-order valence-electron chi connectivity index (χ3n) is 1.15. The molecule has 4 heteroatoms. The molecule has 10 heavy (non-hydrogen) atoms. The number of epoxide rings is 1. The van der Waals surface area contributed by atoms with Gasteiger partial charge in [0.2, 0.25) is 0 Å². The van der Waals surface area contributed by atoms with Gasteiger partial charge in [0.05, 0.1) is 27.7 Å². The van der Waals surface area contributed by atoms with Crippen LogP contribution in [0.25, 0.3) is 0 Å². The largest absolute Gasteiger partial charge is 1.00 e. The summed E-state index contributed by atoms with van der Waals surface area (Å²) in [6.07, 6.45) is 0.565. The van der Waals surface area contributed by atoms with E-state index in [0.717, 1.165) is 17.6 Å². The number of rotatable bonds is 2. The molecule has 0 aromatic rings. The van der Waals surface area contributed by atoms with E-state index < -0.39 is 0 Å². The van der Waals surface area contributed by atoms with Gasteiger partial charge in [-0.2, -0.15) is 0 Å². The van der Waals surface area contributed by atoms with Crippen molar-refractivity contribution in [1.29, 1.82) is 0 Å². The van der Waals surface area contributed by atoms with Crippen molar-refractivity contribution in [1.82, 2.24) is 0 Å². The van der Waals surface area contributed by atoms with Gasteiger partial charge in [-0.05, 0) is 0 Å². The van der Waals surface area contributed by atoms with Crippen LogP contribution in [-0.2, 0) is 4.74 Å². The van der Waals surface area contributed by atoms with Gasteiger partial charge in [-0.3, -0.25) is 0 Å². The van der Waals surface area contributed by atoms with E-state index in [1.165, 1.54) is 0 Å².